The van der Waals surface area contributed by atoms with Crippen molar-refractivity contribution in [3.8, 4) is 0 Å². The standard InChI is InChI=1S/C11H15N5O4/c1-4-14-9(12)6-10(15-4)16(3-13-6)11-8(19)7(18)5(2-17)20-11/h3,5,7-8,11,17-19H,2H2,1H3,(H2,12,14,15)/t5-,7+,8-,11-/m0/s1. The largest absolute Gasteiger partial charge is 0.394 e. The molecule has 2 aromatic heterocycles. The molecule has 9 nitrogen and oxygen atoms in total. The number of hydrogen-bond acceptors (Lipinski definition) is 8. The lowest BCUT2D eigenvalue weighted by Crippen LogP contribution is -2.33. The molecule has 0 aromatic carbocycles. The Bertz CT molecular complexity index is 645. The summed E-state index contributed by atoms with van der Waals surface area (Å²) in [5.41, 5.74) is 6.57. The molecule has 0 bridgehead atoms. The maximum atomic E-state index is 10.0. The number of aromatic nitrogens is 4. The van der Waals surface area contributed by atoms with Crippen LogP contribution in [0, 0.1) is 6.92 Å². The van der Waals surface area contributed by atoms with Gasteiger partial charge in [0.25, 0.3) is 0 Å². The van der Waals surface area contributed by atoms with E-state index in [0.29, 0.717) is 17.0 Å². The Morgan fingerprint density at radius 2 is 2.10 bits per heavy atom. The fourth-order valence-electron chi connectivity index (χ4n) is 2.35. The third-order valence-electron chi connectivity index (χ3n) is 3.35. The van der Waals surface area contributed by atoms with Gasteiger partial charge in [-0.3, -0.25) is 4.57 Å². The third kappa shape index (κ3) is 1.83. The molecule has 1 aliphatic rings. The van der Waals surface area contributed by atoms with Crippen LogP contribution in [0.3, 0.4) is 0 Å². The van der Waals surface area contributed by atoms with Crippen molar-refractivity contribution >= 4 is 17.0 Å². The number of nitrogens with two attached hydrogens (primary N) is 1. The number of imidazole rings is 1. The van der Waals surface area contributed by atoms with Crippen LogP contribution >= 0.6 is 0 Å². The Labute approximate surface area is 113 Å². The Kier molecular flexibility index (Phi) is 3.05. The summed E-state index contributed by atoms with van der Waals surface area (Å²) in [6.45, 7) is 1.29. The smallest absolute Gasteiger partial charge is 0.167 e. The quantitative estimate of drug-likeness (QED) is 0.512. The van der Waals surface area contributed by atoms with E-state index in [0.717, 1.165) is 0 Å². The van der Waals surface area contributed by atoms with Gasteiger partial charge in [-0.15, -0.1) is 0 Å². The number of aliphatic hydroxyl groups is 3. The number of ether oxygens (including phenoxy) is 1. The van der Waals surface area contributed by atoms with Gasteiger partial charge >= 0.3 is 0 Å². The molecule has 0 aliphatic carbocycles. The van der Waals surface area contributed by atoms with Crippen molar-refractivity contribution in [3.63, 3.8) is 0 Å². The second kappa shape index (κ2) is 4.63. The number of rotatable bonds is 2. The first kappa shape index (κ1) is 13.2. The maximum absolute atomic E-state index is 10.0. The summed E-state index contributed by atoms with van der Waals surface area (Å²) < 4.78 is 6.92. The van der Waals surface area contributed by atoms with Crippen LogP contribution in [-0.2, 0) is 4.74 Å². The first-order chi connectivity index (χ1) is 9.52. The third-order valence-corrected chi connectivity index (χ3v) is 3.35. The van der Waals surface area contributed by atoms with E-state index < -0.39 is 31.1 Å². The van der Waals surface area contributed by atoms with E-state index in [2.05, 4.69) is 15.0 Å². The Hall–Kier alpha value is -1.81. The van der Waals surface area contributed by atoms with Gasteiger partial charge in [-0.25, -0.2) is 15.0 Å². The van der Waals surface area contributed by atoms with Crippen molar-refractivity contribution in [2.24, 2.45) is 0 Å². The molecule has 0 saturated carbocycles. The van der Waals surface area contributed by atoms with Crippen LogP contribution in [-0.4, -0.2) is 59.8 Å². The van der Waals surface area contributed by atoms with Gasteiger partial charge in [0.15, 0.2) is 17.7 Å². The Morgan fingerprint density at radius 1 is 1.35 bits per heavy atom. The molecule has 0 unspecified atom stereocenters. The minimum Gasteiger partial charge on any atom is -0.394 e. The highest BCUT2D eigenvalue weighted by Gasteiger charge is 2.44. The summed E-state index contributed by atoms with van der Waals surface area (Å²) >= 11 is 0. The fraction of sp³-hybridized carbons (Fsp3) is 0.545. The number of anilines is 1. The molecule has 5 N–H and O–H groups in total. The molecule has 3 heterocycles. The number of nitrogens with zero attached hydrogens (tertiary/aromatic N) is 4. The summed E-state index contributed by atoms with van der Waals surface area (Å²) in [5.74, 6) is 0.696. The van der Waals surface area contributed by atoms with Gasteiger partial charge in [-0.05, 0) is 6.92 Å². The van der Waals surface area contributed by atoms with Gasteiger partial charge in [0, 0.05) is 0 Å². The lowest BCUT2D eigenvalue weighted by Gasteiger charge is -2.16. The van der Waals surface area contributed by atoms with Gasteiger partial charge in [0.1, 0.15) is 29.7 Å². The lowest BCUT2D eigenvalue weighted by molar-refractivity contribution is -0.0511. The second-order valence-electron chi connectivity index (χ2n) is 4.71. The van der Waals surface area contributed by atoms with E-state index in [4.69, 9.17) is 15.6 Å². The highest BCUT2D eigenvalue weighted by Crippen LogP contribution is 2.31. The molecule has 3 rings (SSSR count). The highest BCUT2D eigenvalue weighted by molar-refractivity contribution is 5.81. The summed E-state index contributed by atoms with van der Waals surface area (Å²) in [5, 5.41) is 28.9. The van der Waals surface area contributed by atoms with Crippen LogP contribution in [0.1, 0.15) is 12.1 Å². The van der Waals surface area contributed by atoms with Crippen molar-refractivity contribution in [1.82, 2.24) is 19.5 Å². The van der Waals surface area contributed by atoms with Crippen LogP contribution in [0.15, 0.2) is 6.33 Å². The topological polar surface area (TPSA) is 140 Å². The lowest BCUT2D eigenvalue weighted by atomic mass is 10.1. The van der Waals surface area contributed by atoms with Crippen molar-refractivity contribution < 1.29 is 20.1 Å². The number of nitrogen functional groups attached to an aromatic ring is 1. The minimum absolute atomic E-state index is 0.234. The van der Waals surface area contributed by atoms with Gasteiger partial charge < -0.3 is 25.8 Å². The Balaban J connectivity index is 2.07. The predicted molar refractivity (Wildman–Crippen MR) is 67.5 cm³/mol. The first-order valence-corrected chi connectivity index (χ1v) is 6.12. The molecule has 20 heavy (non-hydrogen) atoms. The monoisotopic (exact) mass is 281 g/mol. The second-order valence-corrected chi connectivity index (χ2v) is 4.71. The summed E-state index contributed by atoms with van der Waals surface area (Å²) in [6, 6.07) is 0. The number of hydrogen-bond donors (Lipinski definition) is 4. The zero-order chi connectivity index (χ0) is 14.4. The molecule has 1 saturated heterocycles. The normalized spacial score (nSPS) is 30.2. The molecule has 1 fully saturated rings. The van der Waals surface area contributed by atoms with Crippen molar-refractivity contribution in [1.29, 1.82) is 0 Å². The molecular formula is C11H15N5O4. The van der Waals surface area contributed by atoms with E-state index >= 15 is 0 Å². The molecule has 108 valence electrons. The maximum Gasteiger partial charge on any atom is 0.167 e. The molecule has 4 atom stereocenters. The average molecular weight is 281 g/mol. The van der Waals surface area contributed by atoms with E-state index in [1.54, 1.807) is 6.92 Å². The molecule has 0 radical (unpaired) electrons. The zero-order valence-electron chi connectivity index (χ0n) is 10.7. The van der Waals surface area contributed by atoms with E-state index in [9.17, 15) is 10.2 Å². The average Bonchev–Trinajstić information content (AvgIpc) is 2.93. The van der Waals surface area contributed by atoms with Crippen molar-refractivity contribution in [3.05, 3.63) is 12.2 Å². The first-order valence-electron chi connectivity index (χ1n) is 6.12. The summed E-state index contributed by atoms with van der Waals surface area (Å²) in [6.07, 6.45) is -2.70. The van der Waals surface area contributed by atoms with Crippen molar-refractivity contribution in [2.45, 2.75) is 31.5 Å². The van der Waals surface area contributed by atoms with Crippen LogP contribution in [0.25, 0.3) is 11.2 Å². The van der Waals surface area contributed by atoms with Gasteiger partial charge in [0.2, 0.25) is 0 Å². The fourth-order valence-corrected chi connectivity index (χ4v) is 2.35. The molecule has 2 aromatic rings. The van der Waals surface area contributed by atoms with Crippen LogP contribution in [0.5, 0.6) is 0 Å². The van der Waals surface area contributed by atoms with Gasteiger partial charge in [-0.1, -0.05) is 0 Å². The summed E-state index contributed by atoms with van der Waals surface area (Å²) in [4.78, 5) is 12.3. The van der Waals surface area contributed by atoms with Crippen LogP contribution < -0.4 is 5.73 Å². The van der Waals surface area contributed by atoms with Gasteiger partial charge in [0.05, 0.1) is 12.9 Å². The molecule has 0 amide bonds. The van der Waals surface area contributed by atoms with E-state index in [1.807, 2.05) is 0 Å². The molecular weight excluding hydrogens is 266 g/mol. The van der Waals surface area contributed by atoms with Crippen LogP contribution in [0.2, 0.25) is 0 Å². The van der Waals surface area contributed by atoms with E-state index in [-0.39, 0.29) is 5.82 Å². The number of aryl methyl sites for hydroxylation is 1. The molecule has 1 aliphatic heterocycles. The number of aliphatic hydroxyl groups excluding tert-OH is 3. The predicted octanol–water partition coefficient (Wildman–Crippen LogP) is -1.67. The minimum atomic E-state index is -1.19. The molecule has 0 spiro atoms. The van der Waals surface area contributed by atoms with Crippen LogP contribution in [0.4, 0.5) is 5.82 Å². The highest BCUT2D eigenvalue weighted by atomic mass is 16.6. The van der Waals surface area contributed by atoms with E-state index in [1.165, 1.54) is 10.9 Å². The zero-order valence-corrected chi connectivity index (χ0v) is 10.7. The van der Waals surface area contributed by atoms with Crippen molar-refractivity contribution in [2.75, 3.05) is 12.3 Å². The number of fused-ring (bicyclic) bond motifs is 1. The molecule has 9 heteroatoms. The summed E-state index contributed by atoms with van der Waals surface area (Å²) in [7, 11) is 0. The Morgan fingerprint density at radius 3 is 2.75 bits per heavy atom. The SMILES string of the molecule is Cc1nc(N)c2ncn([C@H]3O[C@@H](CO)[C@@H](O)[C@@H]3O)c2n1. The van der Waals surface area contributed by atoms with Gasteiger partial charge in [-0.2, -0.15) is 0 Å².